The third-order valence-corrected chi connectivity index (χ3v) is 5.08. The Morgan fingerprint density at radius 3 is 1.41 bits per heavy atom. The molecule has 4 nitrogen and oxygen atoms in total. The molecule has 0 aromatic heterocycles. The molecule has 37 heavy (non-hydrogen) atoms. The fourth-order valence-electron chi connectivity index (χ4n) is 3.01. The maximum absolute atomic E-state index is 14.6. The number of carbonyl (C=O) groups is 1. The Labute approximate surface area is 194 Å². The fourth-order valence-corrected chi connectivity index (χ4v) is 3.01. The van der Waals surface area contributed by atoms with Crippen LogP contribution in [0.5, 0.6) is 0 Å². The number of amides is 1. The molecule has 2 atom stereocenters. The monoisotopic (exact) mass is 591 g/mol. The van der Waals surface area contributed by atoms with E-state index in [1.54, 1.807) is 0 Å². The molecular weight excluding hydrogens is 577 g/mol. The smallest absolute Gasteiger partial charge is 0.337 e. The van der Waals surface area contributed by atoms with Crippen molar-refractivity contribution in [2.24, 2.45) is 0 Å². The molecule has 0 aromatic carbocycles. The first kappa shape index (κ1) is 33.2. The molecule has 0 heterocycles. The highest BCUT2D eigenvalue weighted by molar-refractivity contribution is 5.84. The van der Waals surface area contributed by atoms with Crippen LogP contribution >= 0.6 is 0 Å². The van der Waals surface area contributed by atoms with Gasteiger partial charge in [0.15, 0.2) is 0 Å². The van der Waals surface area contributed by atoms with Crippen LogP contribution in [0.3, 0.4) is 0 Å². The maximum atomic E-state index is 14.6. The van der Waals surface area contributed by atoms with Crippen molar-refractivity contribution in [3.63, 3.8) is 0 Å². The quantitative estimate of drug-likeness (QED) is 0.297. The number of halogens is 17. The normalized spacial score (nSPS) is 20.8. The van der Waals surface area contributed by atoms with Crippen LogP contribution in [0, 0.1) is 0 Å². The Morgan fingerprint density at radius 2 is 1.05 bits per heavy atom. The van der Waals surface area contributed by atoms with Crippen molar-refractivity contribution in [2.75, 3.05) is 7.05 Å². The minimum atomic E-state index is -8.01. The lowest BCUT2D eigenvalue weighted by atomic mass is 9.94. The molecule has 21 heteroatoms. The number of alkyl halides is 17. The zero-order valence-corrected chi connectivity index (χ0v) is 17.7. The van der Waals surface area contributed by atoms with Crippen LogP contribution in [0.25, 0.3) is 0 Å². The Kier molecular flexibility index (Phi) is 8.75. The van der Waals surface area contributed by atoms with E-state index < -0.39 is 60.3 Å². The van der Waals surface area contributed by atoms with Gasteiger partial charge in [0, 0.05) is 13.1 Å². The van der Waals surface area contributed by atoms with Gasteiger partial charge in [0.25, 0.3) is 5.91 Å². The van der Waals surface area contributed by atoms with E-state index >= 15 is 0 Å². The van der Waals surface area contributed by atoms with Gasteiger partial charge in [0.05, 0.1) is 0 Å². The zero-order chi connectivity index (χ0) is 29.7. The summed E-state index contributed by atoms with van der Waals surface area (Å²) in [6.45, 7) is 0. The van der Waals surface area contributed by atoms with Gasteiger partial charge in [0.1, 0.15) is 0 Å². The van der Waals surface area contributed by atoms with Crippen LogP contribution in [-0.2, 0) is 14.3 Å². The Balaban J connectivity index is 3.60. The molecule has 1 rings (SSSR count). The number of likely N-dealkylation sites (N-methyl/N-ethyl adjacent to an activating group) is 1. The average Bonchev–Trinajstić information content (AvgIpc) is 2.69. The molecule has 0 aliphatic heterocycles. The lowest BCUT2D eigenvalue weighted by Gasteiger charge is -2.41. The van der Waals surface area contributed by atoms with E-state index in [0.717, 1.165) is 0 Å². The van der Waals surface area contributed by atoms with Crippen molar-refractivity contribution < 1.29 is 88.9 Å². The summed E-state index contributed by atoms with van der Waals surface area (Å²) >= 11 is 0. The van der Waals surface area contributed by atoms with Crippen LogP contribution in [0.4, 0.5) is 74.6 Å². The molecule has 1 saturated carbocycles. The van der Waals surface area contributed by atoms with Gasteiger partial charge in [-0.05, 0) is 12.8 Å². The highest BCUT2D eigenvalue weighted by Crippen LogP contribution is 2.56. The van der Waals surface area contributed by atoms with Gasteiger partial charge in [-0.1, -0.05) is 19.3 Å². The number of hydrogen-bond donors (Lipinski definition) is 0. The van der Waals surface area contributed by atoms with Gasteiger partial charge in [-0.3, -0.25) is 14.3 Å². The lowest BCUT2D eigenvalue weighted by molar-refractivity contribution is -0.548. The highest BCUT2D eigenvalue weighted by atomic mass is 19.4. The third-order valence-electron chi connectivity index (χ3n) is 5.08. The predicted octanol–water partition coefficient (Wildman–Crippen LogP) is 6.65. The topological polar surface area (TPSA) is 38.8 Å². The molecule has 0 radical (unpaired) electrons. The van der Waals surface area contributed by atoms with E-state index in [9.17, 15) is 79.4 Å². The second-order valence-electron chi connectivity index (χ2n) is 7.70. The number of nitrogens with zero attached hydrogens (tertiary/aromatic N) is 1. The van der Waals surface area contributed by atoms with E-state index in [1.165, 1.54) is 4.74 Å². The summed E-state index contributed by atoms with van der Waals surface area (Å²) in [5, 5.41) is 0. The van der Waals surface area contributed by atoms with Crippen molar-refractivity contribution in [3.8, 4) is 0 Å². The first-order valence-corrected chi connectivity index (χ1v) is 9.48. The van der Waals surface area contributed by atoms with Crippen molar-refractivity contribution in [1.82, 2.24) is 4.90 Å². The molecule has 0 aromatic rings. The molecule has 0 bridgehead atoms. The summed E-state index contributed by atoms with van der Waals surface area (Å²) < 4.78 is 227. The molecule has 220 valence electrons. The van der Waals surface area contributed by atoms with E-state index in [0.29, 0.717) is 13.5 Å². The van der Waals surface area contributed by atoms with E-state index in [2.05, 4.69) is 4.74 Å². The van der Waals surface area contributed by atoms with Crippen molar-refractivity contribution in [1.29, 1.82) is 0 Å². The summed E-state index contributed by atoms with van der Waals surface area (Å²) in [6, 6.07) is -1.36. The third kappa shape index (κ3) is 5.95. The van der Waals surface area contributed by atoms with Crippen LogP contribution in [0.15, 0.2) is 0 Å². The predicted molar refractivity (Wildman–Crippen MR) is 82.5 cm³/mol. The minimum absolute atomic E-state index is 0.183. The van der Waals surface area contributed by atoms with Crippen molar-refractivity contribution >= 4 is 5.91 Å². The van der Waals surface area contributed by atoms with Crippen LogP contribution < -0.4 is 0 Å². The number of carbonyl (C=O) groups excluding carboxylic acids is 1. The molecule has 1 aliphatic rings. The molecule has 0 unspecified atom stereocenters. The van der Waals surface area contributed by atoms with Gasteiger partial charge in [-0.2, -0.15) is 74.6 Å². The molecule has 1 amide bonds. The van der Waals surface area contributed by atoms with E-state index in [4.69, 9.17) is 0 Å². The van der Waals surface area contributed by atoms with Gasteiger partial charge >= 0.3 is 48.4 Å². The second kappa shape index (κ2) is 9.74. The van der Waals surface area contributed by atoms with Crippen molar-refractivity contribution in [3.05, 3.63) is 0 Å². The number of hydrogen-bond acceptors (Lipinski definition) is 3. The first-order chi connectivity index (χ1) is 16.1. The summed E-state index contributed by atoms with van der Waals surface area (Å²) in [6.07, 6.45) is -37.9. The molecular formula is C16H14F17NO3. The van der Waals surface area contributed by atoms with Crippen LogP contribution in [0.2, 0.25) is 0 Å². The largest absolute Gasteiger partial charge is 0.462 e. The summed E-state index contributed by atoms with van der Waals surface area (Å²) in [4.78, 5) is 11.8. The SMILES string of the molecule is CN(C(=O)[C@@](F)(OC(F)(F)[C@@](F)(OC(F)(F)C(F)(F)C(F)(F)F)C(F)(F)F)C(F)(F)F)C1CCCCC1. The van der Waals surface area contributed by atoms with E-state index in [1.807, 2.05) is 0 Å². The minimum Gasteiger partial charge on any atom is -0.337 e. The highest BCUT2D eigenvalue weighted by Gasteiger charge is 2.85. The Morgan fingerprint density at radius 1 is 0.622 bits per heavy atom. The number of rotatable bonds is 8. The van der Waals surface area contributed by atoms with Gasteiger partial charge < -0.3 is 4.90 Å². The molecule has 0 saturated heterocycles. The van der Waals surface area contributed by atoms with Crippen molar-refractivity contribution in [2.45, 2.75) is 86.5 Å². The van der Waals surface area contributed by atoms with Gasteiger partial charge in [-0.15, -0.1) is 0 Å². The van der Waals surface area contributed by atoms with Crippen LogP contribution in [-0.4, -0.2) is 72.3 Å². The molecule has 1 aliphatic carbocycles. The summed E-state index contributed by atoms with van der Waals surface area (Å²) in [7, 11) is 0.334. The Hall–Kier alpha value is -1.80. The number of ether oxygens (including phenoxy) is 2. The molecule has 0 spiro atoms. The molecule has 1 fully saturated rings. The van der Waals surface area contributed by atoms with Crippen LogP contribution in [0.1, 0.15) is 32.1 Å². The summed E-state index contributed by atoms with van der Waals surface area (Å²) in [5.74, 6) is -25.8. The first-order valence-electron chi connectivity index (χ1n) is 9.48. The average molecular weight is 591 g/mol. The standard InChI is InChI=1S/C16H14F17NO3/c1-34(7-5-3-2-4-6-7)8(35)9(17,12(21,22)23)36-16(32,33)11(20,14(27,28)29)37-15(30,31)10(18,19)13(24,25)26/h7H,2-6H2,1H3/t9-,11+/m1/s1. The zero-order valence-electron chi connectivity index (χ0n) is 17.7. The summed E-state index contributed by atoms with van der Waals surface area (Å²) in [5.41, 5.74) is 0. The van der Waals surface area contributed by atoms with E-state index in [-0.39, 0.29) is 30.6 Å². The van der Waals surface area contributed by atoms with Gasteiger partial charge in [0.2, 0.25) is 0 Å². The molecule has 0 N–H and O–H groups in total. The lowest BCUT2D eigenvalue weighted by Crippen LogP contribution is -2.69. The van der Waals surface area contributed by atoms with Gasteiger partial charge in [-0.25, -0.2) is 0 Å². The Bertz CT molecular complexity index is 817. The fraction of sp³-hybridized carbons (Fsp3) is 0.938. The maximum Gasteiger partial charge on any atom is 0.462 e. The second-order valence-corrected chi connectivity index (χ2v) is 7.70.